The van der Waals surface area contributed by atoms with Crippen LogP contribution in [0.2, 0.25) is 0 Å². The number of rotatable bonds is 5. The molecule has 0 bridgehead atoms. The van der Waals surface area contributed by atoms with Crippen molar-refractivity contribution in [1.29, 1.82) is 0 Å². The van der Waals surface area contributed by atoms with Crippen molar-refractivity contribution >= 4 is 21.9 Å². The number of carbonyl (C=O) groups is 1. The molecule has 1 rings (SSSR count). The molecule has 0 radical (unpaired) electrons. The third-order valence-corrected chi connectivity index (χ3v) is 2.69. The van der Waals surface area contributed by atoms with Crippen LogP contribution in [0.15, 0.2) is 6.07 Å². The number of halogens is 6. The van der Waals surface area contributed by atoms with Crippen LogP contribution >= 0.6 is 15.9 Å². The molecule has 0 aliphatic carbocycles. The second kappa shape index (κ2) is 7.01. The molecule has 0 spiro atoms. The van der Waals surface area contributed by atoms with E-state index >= 15 is 0 Å². The zero-order chi connectivity index (χ0) is 16.2. The predicted molar refractivity (Wildman–Crippen MR) is 64.5 cm³/mol. The SMILES string of the molecule is CCOC(=O)c1cc(C(F)F)c(OC(F)(F)F)nc1CBr. The Morgan fingerprint density at radius 1 is 1.43 bits per heavy atom. The van der Waals surface area contributed by atoms with Gasteiger partial charge in [-0.2, -0.15) is 0 Å². The topological polar surface area (TPSA) is 48.4 Å². The lowest BCUT2D eigenvalue weighted by atomic mass is 10.1. The molecule has 1 aromatic heterocycles. The summed E-state index contributed by atoms with van der Waals surface area (Å²) in [7, 11) is 0. The maximum absolute atomic E-state index is 12.8. The Balaban J connectivity index is 3.37. The van der Waals surface area contributed by atoms with Gasteiger partial charge in [0.05, 0.1) is 23.4 Å². The van der Waals surface area contributed by atoms with Gasteiger partial charge in [0.1, 0.15) is 0 Å². The van der Waals surface area contributed by atoms with E-state index in [1.807, 2.05) is 0 Å². The average Bonchev–Trinajstić information content (AvgIpc) is 2.36. The highest BCUT2D eigenvalue weighted by molar-refractivity contribution is 9.08. The molecule has 0 amide bonds. The second-order valence-electron chi connectivity index (χ2n) is 3.58. The predicted octanol–water partition coefficient (Wildman–Crippen LogP) is 3.99. The molecule has 0 aliphatic heterocycles. The van der Waals surface area contributed by atoms with Crippen LogP contribution in [0.1, 0.15) is 35.0 Å². The number of esters is 1. The van der Waals surface area contributed by atoms with Gasteiger partial charge in [-0.25, -0.2) is 18.6 Å². The van der Waals surface area contributed by atoms with Crippen molar-refractivity contribution in [3.8, 4) is 5.88 Å². The Kier molecular flexibility index (Phi) is 5.87. The van der Waals surface area contributed by atoms with Gasteiger partial charge in [0.25, 0.3) is 6.43 Å². The number of aromatic nitrogens is 1. The molecule has 0 saturated heterocycles. The summed E-state index contributed by atoms with van der Waals surface area (Å²) >= 11 is 2.91. The van der Waals surface area contributed by atoms with Crippen LogP contribution in [0, 0.1) is 0 Å². The molecule has 0 N–H and O–H groups in total. The zero-order valence-corrected chi connectivity index (χ0v) is 12.1. The minimum atomic E-state index is -5.17. The zero-order valence-electron chi connectivity index (χ0n) is 10.5. The third kappa shape index (κ3) is 4.80. The van der Waals surface area contributed by atoms with Crippen molar-refractivity contribution in [1.82, 2.24) is 4.98 Å². The van der Waals surface area contributed by atoms with Crippen molar-refractivity contribution in [3.63, 3.8) is 0 Å². The van der Waals surface area contributed by atoms with Crippen LogP contribution in [0.4, 0.5) is 22.0 Å². The van der Waals surface area contributed by atoms with E-state index < -0.39 is 30.2 Å². The molecule has 1 aromatic rings. The summed E-state index contributed by atoms with van der Waals surface area (Å²) in [6, 6.07) is 0.591. The summed E-state index contributed by atoms with van der Waals surface area (Å²) in [5, 5.41) is -0.140. The fourth-order valence-electron chi connectivity index (χ4n) is 1.38. The van der Waals surface area contributed by atoms with Crippen molar-refractivity contribution in [2.75, 3.05) is 6.61 Å². The average molecular weight is 378 g/mol. The number of alkyl halides is 6. The van der Waals surface area contributed by atoms with Crippen LogP contribution in [0.25, 0.3) is 0 Å². The summed E-state index contributed by atoms with van der Waals surface area (Å²) in [6.07, 6.45) is -8.47. The Bertz CT molecular complexity index is 521. The molecule has 21 heavy (non-hydrogen) atoms. The molecule has 10 heteroatoms. The first-order chi connectivity index (χ1) is 9.69. The van der Waals surface area contributed by atoms with Gasteiger partial charge in [-0.05, 0) is 13.0 Å². The molecule has 0 unspecified atom stereocenters. The van der Waals surface area contributed by atoms with Crippen molar-refractivity contribution in [2.24, 2.45) is 0 Å². The van der Waals surface area contributed by atoms with Crippen molar-refractivity contribution in [2.45, 2.75) is 25.0 Å². The van der Waals surface area contributed by atoms with E-state index in [9.17, 15) is 26.7 Å². The van der Waals surface area contributed by atoms with E-state index in [0.29, 0.717) is 6.07 Å². The van der Waals surface area contributed by atoms with Gasteiger partial charge in [0.2, 0.25) is 5.88 Å². The van der Waals surface area contributed by atoms with E-state index in [1.165, 1.54) is 6.92 Å². The molecule has 0 aromatic carbocycles. The highest BCUT2D eigenvalue weighted by Crippen LogP contribution is 2.33. The summed E-state index contributed by atoms with van der Waals surface area (Å²) < 4.78 is 70.3. The summed E-state index contributed by atoms with van der Waals surface area (Å²) in [6.45, 7) is 1.47. The van der Waals surface area contributed by atoms with Crippen LogP contribution in [-0.2, 0) is 10.1 Å². The van der Waals surface area contributed by atoms with E-state index in [-0.39, 0.29) is 23.2 Å². The van der Waals surface area contributed by atoms with Gasteiger partial charge in [-0.3, -0.25) is 0 Å². The van der Waals surface area contributed by atoms with Crippen LogP contribution in [-0.4, -0.2) is 23.9 Å². The molecular weight excluding hydrogens is 369 g/mol. The number of nitrogens with zero attached hydrogens (tertiary/aromatic N) is 1. The molecule has 1 heterocycles. The largest absolute Gasteiger partial charge is 0.574 e. The van der Waals surface area contributed by atoms with Crippen molar-refractivity contribution in [3.05, 3.63) is 22.9 Å². The first kappa shape index (κ1) is 17.6. The number of carbonyl (C=O) groups excluding carboxylic acids is 1. The standard InChI is InChI=1S/C11H9BrF5NO3/c1-2-20-10(19)5-3-6(8(13)14)9(18-7(5)4-12)21-11(15,16)17/h3,8H,2,4H2,1H3. The van der Waals surface area contributed by atoms with Gasteiger partial charge in [-0.1, -0.05) is 15.9 Å². The molecule has 4 nitrogen and oxygen atoms in total. The molecule has 0 saturated carbocycles. The fraction of sp³-hybridized carbons (Fsp3) is 0.455. The van der Waals surface area contributed by atoms with E-state index in [0.717, 1.165) is 0 Å². The van der Waals surface area contributed by atoms with E-state index in [4.69, 9.17) is 0 Å². The minimum Gasteiger partial charge on any atom is -0.462 e. The number of ether oxygens (including phenoxy) is 2. The normalized spacial score (nSPS) is 11.6. The van der Waals surface area contributed by atoms with Gasteiger partial charge in [0, 0.05) is 5.33 Å². The molecular formula is C11H9BrF5NO3. The number of hydrogen-bond donors (Lipinski definition) is 0. The van der Waals surface area contributed by atoms with Crippen LogP contribution in [0.3, 0.4) is 0 Å². The lowest BCUT2D eigenvalue weighted by Gasteiger charge is -2.15. The smallest absolute Gasteiger partial charge is 0.462 e. The molecule has 0 atom stereocenters. The van der Waals surface area contributed by atoms with Crippen LogP contribution in [0.5, 0.6) is 5.88 Å². The Morgan fingerprint density at radius 3 is 2.48 bits per heavy atom. The van der Waals surface area contributed by atoms with Gasteiger partial charge in [0.15, 0.2) is 0 Å². The first-order valence-electron chi connectivity index (χ1n) is 5.50. The number of hydrogen-bond acceptors (Lipinski definition) is 4. The quantitative estimate of drug-likeness (QED) is 0.442. The van der Waals surface area contributed by atoms with Gasteiger partial charge in [-0.15, -0.1) is 13.2 Å². The lowest BCUT2D eigenvalue weighted by molar-refractivity contribution is -0.276. The summed E-state index contributed by atoms with van der Waals surface area (Å²) in [5.74, 6) is -2.25. The molecule has 118 valence electrons. The van der Waals surface area contributed by atoms with Gasteiger partial charge < -0.3 is 9.47 Å². The maximum Gasteiger partial charge on any atom is 0.574 e. The summed E-state index contributed by atoms with van der Waals surface area (Å²) in [4.78, 5) is 14.9. The molecule has 0 fully saturated rings. The van der Waals surface area contributed by atoms with E-state index in [1.54, 1.807) is 0 Å². The minimum absolute atomic E-state index is 0.0224. The Morgan fingerprint density at radius 2 is 2.05 bits per heavy atom. The fourth-order valence-corrected chi connectivity index (χ4v) is 1.81. The van der Waals surface area contributed by atoms with Crippen LogP contribution < -0.4 is 4.74 Å². The second-order valence-corrected chi connectivity index (χ2v) is 4.14. The Labute approximate surface area is 124 Å². The summed E-state index contributed by atoms with van der Waals surface area (Å²) in [5.41, 5.74) is -1.68. The maximum atomic E-state index is 12.8. The lowest BCUT2D eigenvalue weighted by Crippen LogP contribution is -2.20. The number of pyridine rings is 1. The van der Waals surface area contributed by atoms with Crippen molar-refractivity contribution < 1.29 is 36.2 Å². The highest BCUT2D eigenvalue weighted by atomic mass is 79.9. The third-order valence-electron chi connectivity index (χ3n) is 2.16. The monoisotopic (exact) mass is 377 g/mol. The Hall–Kier alpha value is -1.45. The van der Waals surface area contributed by atoms with Gasteiger partial charge >= 0.3 is 12.3 Å². The van der Waals surface area contributed by atoms with E-state index in [2.05, 4.69) is 30.4 Å². The molecule has 0 aliphatic rings. The highest BCUT2D eigenvalue weighted by Gasteiger charge is 2.35. The first-order valence-corrected chi connectivity index (χ1v) is 6.62.